The van der Waals surface area contributed by atoms with Crippen LogP contribution in [0.25, 0.3) is 21.6 Å². The highest BCUT2D eigenvalue weighted by molar-refractivity contribution is 7.22. The molecule has 10 nitrogen and oxygen atoms in total. The number of carbonyl (C=O) groups is 2. The molecule has 0 bridgehead atoms. The minimum absolute atomic E-state index is 0.0852. The molecule has 1 atom stereocenters. The molecule has 3 aromatic heterocycles. The van der Waals surface area contributed by atoms with Gasteiger partial charge in [-0.15, -0.1) is 0 Å². The molecule has 1 N–H and O–H groups in total. The number of ketones is 1. The number of rotatable bonds is 9. The number of aliphatic hydroxyl groups is 1. The minimum Gasteiger partial charge on any atom is -0.505 e. The van der Waals surface area contributed by atoms with E-state index in [2.05, 4.69) is 4.98 Å². The number of methoxy groups -OCH3 is 1. The molecule has 1 unspecified atom stereocenters. The Labute approximate surface area is 274 Å². The number of Topliss-reactive ketones (excluding diaryl/α,β-unsaturated/α-hetero) is 1. The van der Waals surface area contributed by atoms with Crippen LogP contribution in [0.1, 0.15) is 35.5 Å². The fourth-order valence-corrected chi connectivity index (χ4v) is 6.85. The zero-order valence-electron chi connectivity index (χ0n) is 25.8. The number of imidazole rings is 1. The molecule has 0 spiro atoms. The van der Waals surface area contributed by atoms with Gasteiger partial charge in [0, 0.05) is 6.20 Å². The average molecular weight is 647 g/mol. The maximum atomic E-state index is 14.0. The van der Waals surface area contributed by atoms with Crippen molar-refractivity contribution in [2.75, 3.05) is 18.6 Å². The Kier molecular flexibility index (Phi) is 7.82. The summed E-state index contributed by atoms with van der Waals surface area (Å²) in [6.07, 6.45) is 1.75. The monoisotopic (exact) mass is 646 g/mol. The molecule has 1 saturated heterocycles. The van der Waals surface area contributed by atoms with Crippen molar-refractivity contribution in [1.29, 1.82) is 0 Å². The van der Waals surface area contributed by atoms with E-state index >= 15 is 0 Å². The number of amides is 1. The fraction of sp³-hybridized carbons (Fsp3) is 0.167. The summed E-state index contributed by atoms with van der Waals surface area (Å²) in [6.45, 7) is 4.47. The molecule has 1 fully saturated rings. The number of aliphatic hydroxyl groups excluding tert-OH is 1. The van der Waals surface area contributed by atoms with Crippen LogP contribution in [0.5, 0.6) is 17.2 Å². The van der Waals surface area contributed by atoms with Crippen LogP contribution in [-0.2, 0) is 16.2 Å². The summed E-state index contributed by atoms with van der Waals surface area (Å²) in [6, 6.07) is 24.9. The average Bonchev–Trinajstić information content (AvgIpc) is 3.74. The summed E-state index contributed by atoms with van der Waals surface area (Å²) in [7, 11) is 1.52. The zero-order valence-corrected chi connectivity index (χ0v) is 26.7. The first-order valence-electron chi connectivity index (χ1n) is 15.0. The van der Waals surface area contributed by atoms with Gasteiger partial charge in [0.15, 0.2) is 22.4 Å². The number of aromatic nitrogens is 3. The lowest BCUT2D eigenvalue weighted by molar-refractivity contribution is -0.132. The highest BCUT2D eigenvalue weighted by Crippen LogP contribution is 2.46. The van der Waals surface area contributed by atoms with Crippen LogP contribution in [0.2, 0.25) is 0 Å². The number of aryl methyl sites for hydroxylation is 1. The van der Waals surface area contributed by atoms with Gasteiger partial charge in [-0.25, -0.2) is 9.97 Å². The van der Waals surface area contributed by atoms with Gasteiger partial charge < -0.3 is 19.3 Å². The van der Waals surface area contributed by atoms with Gasteiger partial charge in [-0.3, -0.25) is 18.9 Å². The molecule has 1 aliphatic rings. The van der Waals surface area contributed by atoms with E-state index in [0.29, 0.717) is 63.7 Å². The number of nitrogens with zero attached hydrogens (tertiary/aromatic N) is 4. The Morgan fingerprint density at radius 2 is 1.74 bits per heavy atom. The van der Waals surface area contributed by atoms with Crippen LogP contribution < -0.4 is 19.1 Å². The van der Waals surface area contributed by atoms with E-state index < -0.39 is 17.7 Å². The van der Waals surface area contributed by atoms with Crippen LogP contribution in [0.15, 0.2) is 96.7 Å². The minimum atomic E-state index is -1.03. The molecule has 0 radical (unpaired) electrons. The standard InChI is InChI=1S/C36H30N4O6S/c1-4-45-24-14-15-25-28(19-24)47-36(38-25)40-32(23-13-16-26(27(18-23)44-3)46-20-22-10-6-5-7-11-22)30(34(42)35(40)43)33(41)31-21(2)37-29-12-8-9-17-39(29)31/h5-19,32,41H,4,20H2,1-3H3. The summed E-state index contributed by atoms with van der Waals surface area (Å²) in [5.74, 6) is -0.424. The number of thiazole rings is 1. The fourth-order valence-electron chi connectivity index (χ4n) is 5.83. The zero-order chi connectivity index (χ0) is 32.7. The van der Waals surface area contributed by atoms with Gasteiger partial charge in [0.05, 0.1) is 41.2 Å². The second kappa shape index (κ2) is 12.3. The Morgan fingerprint density at radius 1 is 0.936 bits per heavy atom. The number of ether oxygens (including phenoxy) is 3. The van der Waals surface area contributed by atoms with E-state index in [0.717, 1.165) is 10.3 Å². The molecule has 1 aliphatic heterocycles. The SMILES string of the molecule is CCOc1ccc2nc(N3C(=O)C(=O)C(=C(O)c4c(C)nc5ccccn45)C3c3ccc(OCc4ccccc4)c(OC)c3)sc2c1. The second-order valence-electron chi connectivity index (χ2n) is 10.9. The molecule has 47 heavy (non-hydrogen) atoms. The van der Waals surface area contributed by atoms with Crippen molar-refractivity contribution in [3.05, 3.63) is 119 Å². The first-order valence-corrected chi connectivity index (χ1v) is 15.8. The maximum Gasteiger partial charge on any atom is 0.301 e. The van der Waals surface area contributed by atoms with Crippen molar-refractivity contribution in [3.8, 4) is 17.2 Å². The van der Waals surface area contributed by atoms with Gasteiger partial charge in [-0.2, -0.15) is 0 Å². The van der Waals surface area contributed by atoms with Crippen LogP contribution in [0.3, 0.4) is 0 Å². The predicted molar refractivity (Wildman–Crippen MR) is 179 cm³/mol. The van der Waals surface area contributed by atoms with E-state index in [4.69, 9.17) is 19.2 Å². The first-order chi connectivity index (χ1) is 22.9. The van der Waals surface area contributed by atoms with Crippen LogP contribution in [-0.4, -0.2) is 44.9 Å². The number of hydrogen-bond donors (Lipinski definition) is 1. The molecule has 1 amide bonds. The number of benzene rings is 3. The van der Waals surface area contributed by atoms with Crippen molar-refractivity contribution in [3.63, 3.8) is 0 Å². The Balaban J connectivity index is 1.38. The molecule has 4 heterocycles. The van der Waals surface area contributed by atoms with E-state index in [1.165, 1.54) is 23.3 Å². The third kappa shape index (κ3) is 5.34. The third-order valence-corrected chi connectivity index (χ3v) is 9.00. The lowest BCUT2D eigenvalue weighted by Crippen LogP contribution is -2.29. The van der Waals surface area contributed by atoms with E-state index in [1.54, 1.807) is 47.9 Å². The Hall–Kier alpha value is -5.68. The molecule has 11 heteroatoms. The number of fused-ring (bicyclic) bond motifs is 2. The van der Waals surface area contributed by atoms with Gasteiger partial charge >= 0.3 is 5.91 Å². The summed E-state index contributed by atoms with van der Waals surface area (Å²) in [5.41, 5.74) is 3.49. The topological polar surface area (TPSA) is 115 Å². The number of hydrogen-bond acceptors (Lipinski definition) is 9. The third-order valence-electron chi connectivity index (χ3n) is 7.98. The normalized spacial score (nSPS) is 15.9. The highest BCUT2D eigenvalue weighted by Gasteiger charge is 2.49. The summed E-state index contributed by atoms with van der Waals surface area (Å²) in [4.78, 5) is 38.5. The van der Waals surface area contributed by atoms with Gasteiger partial charge in [-0.05, 0) is 67.4 Å². The van der Waals surface area contributed by atoms with Crippen LogP contribution in [0, 0.1) is 6.92 Å². The molecule has 6 aromatic rings. The van der Waals surface area contributed by atoms with Gasteiger partial charge in [0.1, 0.15) is 23.7 Å². The van der Waals surface area contributed by atoms with Crippen molar-refractivity contribution < 1.29 is 28.9 Å². The van der Waals surface area contributed by atoms with Crippen molar-refractivity contribution in [2.24, 2.45) is 0 Å². The summed E-state index contributed by atoms with van der Waals surface area (Å²) in [5, 5.41) is 12.2. The quantitative estimate of drug-likeness (QED) is 0.103. The van der Waals surface area contributed by atoms with E-state index in [1.807, 2.05) is 61.5 Å². The predicted octanol–water partition coefficient (Wildman–Crippen LogP) is 6.87. The molecule has 236 valence electrons. The van der Waals surface area contributed by atoms with Gasteiger partial charge in [0.2, 0.25) is 0 Å². The van der Waals surface area contributed by atoms with E-state index in [9.17, 15) is 14.7 Å². The van der Waals surface area contributed by atoms with Gasteiger partial charge in [0.25, 0.3) is 5.78 Å². The summed E-state index contributed by atoms with van der Waals surface area (Å²) >= 11 is 1.26. The molecular formula is C36H30N4O6S. The van der Waals surface area contributed by atoms with Crippen molar-refractivity contribution in [1.82, 2.24) is 14.4 Å². The highest BCUT2D eigenvalue weighted by atomic mass is 32.1. The molecule has 3 aromatic carbocycles. The summed E-state index contributed by atoms with van der Waals surface area (Å²) < 4.78 is 20.0. The molecule has 0 aliphatic carbocycles. The maximum absolute atomic E-state index is 14.0. The smallest absolute Gasteiger partial charge is 0.301 e. The van der Waals surface area contributed by atoms with Crippen LogP contribution >= 0.6 is 11.3 Å². The number of carbonyl (C=O) groups excluding carboxylic acids is 2. The number of pyridine rings is 1. The largest absolute Gasteiger partial charge is 0.505 e. The lowest BCUT2D eigenvalue weighted by atomic mass is 9.96. The van der Waals surface area contributed by atoms with Crippen molar-refractivity contribution in [2.45, 2.75) is 26.5 Å². The van der Waals surface area contributed by atoms with Gasteiger partial charge in [-0.1, -0.05) is 53.8 Å². The van der Waals surface area contributed by atoms with Crippen LogP contribution in [0.4, 0.5) is 5.13 Å². The Morgan fingerprint density at radius 3 is 2.53 bits per heavy atom. The lowest BCUT2D eigenvalue weighted by Gasteiger charge is -2.24. The number of anilines is 1. The second-order valence-corrected chi connectivity index (χ2v) is 11.9. The van der Waals surface area contributed by atoms with Crippen molar-refractivity contribution >= 4 is 49.8 Å². The molecular weight excluding hydrogens is 616 g/mol. The molecule has 7 rings (SSSR count). The Bertz CT molecular complexity index is 2190. The molecule has 0 saturated carbocycles. The van der Waals surface area contributed by atoms with E-state index in [-0.39, 0.29) is 11.3 Å². The first kappa shape index (κ1) is 30.0.